The normalized spacial score (nSPS) is 11.6. The Morgan fingerprint density at radius 1 is 0.667 bits per heavy atom. The number of benzene rings is 5. The molecule has 4 N–H and O–H groups in total. The van der Waals surface area contributed by atoms with E-state index in [4.69, 9.17) is 24.9 Å². The van der Waals surface area contributed by atoms with Crippen LogP contribution in [0.4, 0.5) is 0 Å². The Morgan fingerprint density at radius 3 is 1.67 bits per heavy atom. The third kappa shape index (κ3) is 6.86. The van der Waals surface area contributed by atoms with Gasteiger partial charge in [0.2, 0.25) is 0 Å². The summed E-state index contributed by atoms with van der Waals surface area (Å²) in [6.45, 7) is 0. The lowest BCUT2D eigenvalue weighted by Crippen LogP contribution is -2.31. The molecule has 210 valence electrons. The van der Waals surface area contributed by atoms with E-state index in [-0.39, 0.29) is 11.4 Å². The van der Waals surface area contributed by atoms with Crippen molar-refractivity contribution < 1.29 is 23.1 Å². The van der Waals surface area contributed by atoms with Crippen molar-refractivity contribution in [1.29, 1.82) is 5.41 Å². The molecule has 0 aliphatic carbocycles. The molecule has 1 unspecified atom stereocenters. The van der Waals surface area contributed by atoms with Gasteiger partial charge >= 0.3 is 7.60 Å². The van der Waals surface area contributed by atoms with Crippen molar-refractivity contribution in [2.75, 3.05) is 0 Å². The Kier molecular flexibility index (Phi) is 8.66. The largest absolute Gasteiger partial charge is 0.457 e. The van der Waals surface area contributed by atoms with Crippen molar-refractivity contribution >= 4 is 19.3 Å². The summed E-state index contributed by atoms with van der Waals surface area (Å²) in [4.78, 5) is 13.9. The molecule has 5 aromatic rings. The third-order valence-electron chi connectivity index (χ3n) is 6.18. The molecule has 8 nitrogen and oxygen atoms in total. The zero-order valence-corrected chi connectivity index (χ0v) is 23.3. The van der Waals surface area contributed by atoms with Gasteiger partial charge in [0.15, 0.2) is 5.78 Å². The first-order chi connectivity index (χ1) is 20.4. The molecule has 0 fully saturated rings. The number of hydrogen-bond acceptors (Lipinski definition) is 6. The molecule has 42 heavy (non-hydrogen) atoms. The van der Waals surface area contributed by atoms with Gasteiger partial charge in [-0.1, -0.05) is 91.0 Å². The van der Waals surface area contributed by atoms with E-state index < -0.39 is 19.3 Å². The van der Waals surface area contributed by atoms with E-state index in [1.54, 1.807) is 121 Å². The Morgan fingerprint density at radius 2 is 1.14 bits per heavy atom. The molecule has 0 aromatic heterocycles. The summed E-state index contributed by atoms with van der Waals surface area (Å²) in [5, 5.41) is 10.7. The fourth-order valence-electron chi connectivity index (χ4n) is 4.13. The van der Waals surface area contributed by atoms with Crippen LogP contribution in [0.3, 0.4) is 0 Å². The highest BCUT2D eigenvalue weighted by Gasteiger charge is 2.42. The van der Waals surface area contributed by atoms with Gasteiger partial charge in [-0.15, -0.1) is 0 Å². The fourth-order valence-corrected chi connectivity index (χ4v) is 6.02. The lowest BCUT2D eigenvalue weighted by atomic mass is 10.1. The summed E-state index contributed by atoms with van der Waals surface area (Å²) in [6.07, 6.45) is 0. The average Bonchev–Trinajstić information content (AvgIpc) is 3.01. The van der Waals surface area contributed by atoms with Crippen LogP contribution in [0.2, 0.25) is 0 Å². The van der Waals surface area contributed by atoms with Gasteiger partial charge < -0.3 is 24.8 Å². The van der Waals surface area contributed by atoms with Crippen LogP contribution in [-0.4, -0.2) is 11.7 Å². The SMILES string of the molecule is N=C(N)c1ccc(C(NC(=O)c2ccccc2Oc2ccccc2)P(=O)(Oc2ccccc2)Oc2ccccc2)cc1. The number of amidine groups is 1. The van der Waals surface area contributed by atoms with Crippen molar-refractivity contribution in [3.05, 3.63) is 156 Å². The summed E-state index contributed by atoms with van der Waals surface area (Å²) in [7, 11) is -4.25. The first kappa shape index (κ1) is 28.2. The van der Waals surface area contributed by atoms with E-state index in [1.807, 2.05) is 18.2 Å². The number of carbonyl (C=O) groups is 1. The quantitative estimate of drug-likeness (QED) is 0.0846. The van der Waals surface area contributed by atoms with Gasteiger partial charge in [0.25, 0.3) is 5.91 Å². The standard InChI is InChI=1S/C33H28N3O5P/c34-31(35)24-20-22-25(23-21-24)33(36-32(37)29-18-10-11-19-30(29)39-26-12-4-1-5-13-26)42(38,40-27-14-6-2-7-15-27)41-28-16-8-3-9-17-28/h1-23,33H,(H3,34,35)(H,36,37). The number of hydrogen-bond donors (Lipinski definition) is 3. The highest BCUT2D eigenvalue weighted by Crippen LogP contribution is 2.59. The highest BCUT2D eigenvalue weighted by atomic mass is 31.2. The van der Waals surface area contributed by atoms with Crippen molar-refractivity contribution in [2.24, 2.45) is 5.73 Å². The summed E-state index contributed by atoms with van der Waals surface area (Å²) < 4.78 is 33.0. The number of rotatable bonds is 11. The van der Waals surface area contributed by atoms with Crippen molar-refractivity contribution in [1.82, 2.24) is 5.32 Å². The number of carbonyl (C=O) groups excluding carboxylic acids is 1. The molecule has 0 bridgehead atoms. The van der Waals surface area contributed by atoms with E-state index in [1.165, 1.54) is 0 Å². The zero-order chi connectivity index (χ0) is 29.4. The molecule has 5 rings (SSSR count). The molecule has 0 aliphatic heterocycles. The van der Waals surface area contributed by atoms with Gasteiger partial charge in [0.05, 0.1) is 5.56 Å². The maximum absolute atomic E-state index is 14.9. The summed E-state index contributed by atoms with van der Waals surface area (Å²) in [6, 6.07) is 39.5. The maximum Gasteiger partial charge on any atom is 0.457 e. The number of nitrogens with one attached hydrogen (secondary N) is 2. The van der Waals surface area contributed by atoms with Crippen molar-refractivity contribution in [3.8, 4) is 23.0 Å². The molecule has 0 radical (unpaired) electrons. The van der Waals surface area contributed by atoms with Gasteiger partial charge in [-0.25, -0.2) is 4.57 Å². The average molecular weight is 578 g/mol. The summed E-state index contributed by atoms with van der Waals surface area (Å²) in [5.41, 5.74) is 6.77. The van der Waals surface area contributed by atoms with Gasteiger partial charge in [0, 0.05) is 5.56 Å². The van der Waals surface area contributed by atoms with E-state index in [9.17, 15) is 9.36 Å². The lowest BCUT2D eigenvalue weighted by Gasteiger charge is -2.29. The topological polar surface area (TPSA) is 124 Å². The van der Waals surface area contributed by atoms with Crippen LogP contribution in [0, 0.1) is 5.41 Å². The molecule has 0 heterocycles. The Hall–Kier alpha value is -5.33. The zero-order valence-electron chi connectivity index (χ0n) is 22.4. The van der Waals surface area contributed by atoms with Crippen molar-refractivity contribution in [3.63, 3.8) is 0 Å². The third-order valence-corrected chi connectivity index (χ3v) is 8.17. The smallest absolute Gasteiger partial charge is 0.457 e. The molecular weight excluding hydrogens is 549 g/mol. The molecule has 5 aromatic carbocycles. The van der Waals surface area contributed by atoms with Gasteiger partial charge in [0.1, 0.15) is 28.8 Å². The number of nitrogen functional groups attached to an aromatic ring is 1. The predicted molar refractivity (Wildman–Crippen MR) is 162 cm³/mol. The molecular formula is C33H28N3O5P. The van der Waals surface area contributed by atoms with Gasteiger partial charge in [-0.05, 0) is 54.1 Å². The van der Waals surface area contributed by atoms with E-state index >= 15 is 0 Å². The highest BCUT2D eigenvalue weighted by molar-refractivity contribution is 7.55. The minimum absolute atomic E-state index is 0.127. The maximum atomic E-state index is 14.9. The summed E-state index contributed by atoms with van der Waals surface area (Å²) in [5.74, 6) is -0.493. The van der Waals surface area contributed by atoms with Crippen LogP contribution in [0.15, 0.2) is 140 Å². The fraction of sp³-hybridized carbons (Fsp3) is 0.0303. The molecule has 0 spiro atoms. The van der Waals surface area contributed by atoms with Crippen LogP contribution >= 0.6 is 7.60 Å². The molecule has 0 saturated carbocycles. The van der Waals surface area contributed by atoms with Crippen LogP contribution in [-0.2, 0) is 4.57 Å². The number of para-hydroxylation sites is 4. The van der Waals surface area contributed by atoms with Crippen LogP contribution in [0.25, 0.3) is 0 Å². The van der Waals surface area contributed by atoms with Crippen LogP contribution in [0.1, 0.15) is 27.3 Å². The number of ether oxygens (including phenoxy) is 1. The molecule has 0 saturated heterocycles. The Bertz CT molecular complexity index is 1650. The van der Waals surface area contributed by atoms with Crippen LogP contribution < -0.4 is 24.8 Å². The first-order valence-electron chi connectivity index (χ1n) is 13.1. The Balaban J connectivity index is 1.57. The number of nitrogens with two attached hydrogens (primary N) is 1. The minimum Gasteiger partial charge on any atom is -0.457 e. The molecule has 0 aliphatic rings. The number of amides is 1. The van der Waals surface area contributed by atoms with Gasteiger partial charge in [-0.2, -0.15) is 0 Å². The van der Waals surface area contributed by atoms with E-state index in [0.717, 1.165) is 0 Å². The van der Waals surface area contributed by atoms with Crippen molar-refractivity contribution in [2.45, 2.75) is 5.78 Å². The second kappa shape index (κ2) is 12.9. The molecule has 1 atom stereocenters. The van der Waals surface area contributed by atoms with E-state index in [0.29, 0.717) is 34.1 Å². The van der Waals surface area contributed by atoms with Crippen LogP contribution in [0.5, 0.6) is 23.0 Å². The molecule has 1 amide bonds. The monoisotopic (exact) mass is 577 g/mol. The second-order valence-electron chi connectivity index (χ2n) is 9.17. The minimum atomic E-state index is -4.25. The predicted octanol–water partition coefficient (Wildman–Crippen LogP) is 7.54. The van der Waals surface area contributed by atoms with E-state index in [2.05, 4.69) is 5.32 Å². The summed E-state index contributed by atoms with van der Waals surface area (Å²) >= 11 is 0. The second-order valence-corrected chi connectivity index (χ2v) is 11.1. The van der Waals surface area contributed by atoms with Gasteiger partial charge in [-0.3, -0.25) is 10.2 Å². The Labute approximate surface area is 243 Å². The lowest BCUT2D eigenvalue weighted by molar-refractivity contribution is 0.0941. The first-order valence-corrected chi connectivity index (χ1v) is 14.7. The molecule has 9 heteroatoms.